The first-order valence-corrected chi connectivity index (χ1v) is 9.04. The Hall–Kier alpha value is -3.35. The Bertz CT molecular complexity index is 871. The maximum atomic E-state index is 12.7. The first kappa shape index (κ1) is 19.4. The molecule has 3 rings (SSSR count). The van der Waals surface area contributed by atoms with E-state index in [2.05, 4.69) is 0 Å². The van der Waals surface area contributed by atoms with Crippen molar-refractivity contribution in [3.8, 4) is 5.75 Å². The number of hydrogen-bond donors (Lipinski definition) is 1. The van der Waals surface area contributed by atoms with Crippen LogP contribution in [0, 0.1) is 6.92 Å². The smallest absolute Gasteiger partial charge is 0.341 e. The van der Waals surface area contributed by atoms with Crippen molar-refractivity contribution in [1.82, 2.24) is 9.80 Å². The molecule has 2 aromatic carbocycles. The number of hydrogen-bond acceptors (Lipinski definition) is 4. The number of amides is 2. The predicted molar refractivity (Wildman–Crippen MR) is 103 cm³/mol. The third-order valence-electron chi connectivity index (χ3n) is 4.60. The van der Waals surface area contributed by atoms with E-state index in [1.54, 1.807) is 28.0 Å². The van der Waals surface area contributed by atoms with E-state index in [-0.39, 0.29) is 11.8 Å². The summed E-state index contributed by atoms with van der Waals surface area (Å²) in [7, 11) is 0. The summed E-state index contributed by atoms with van der Waals surface area (Å²) in [6, 6.07) is 13.9. The number of carboxylic acid groups (broad SMARTS) is 1. The Kier molecular flexibility index (Phi) is 5.93. The Morgan fingerprint density at radius 3 is 2.04 bits per heavy atom. The van der Waals surface area contributed by atoms with Crippen molar-refractivity contribution >= 4 is 17.8 Å². The van der Waals surface area contributed by atoms with Crippen LogP contribution in [0.3, 0.4) is 0 Å². The number of carbonyl (C=O) groups is 3. The average molecular weight is 382 g/mol. The highest BCUT2D eigenvalue weighted by atomic mass is 16.5. The van der Waals surface area contributed by atoms with Gasteiger partial charge >= 0.3 is 5.97 Å². The van der Waals surface area contributed by atoms with Crippen LogP contribution < -0.4 is 4.74 Å². The Morgan fingerprint density at radius 1 is 0.893 bits per heavy atom. The molecule has 0 aromatic heterocycles. The summed E-state index contributed by atoms with van der Waals surface area (Å²) in [6.45, 7) is 3.33. The summed E-state index contributed by atoms with van der Waals surface area (Å²) in [6.07, 6.45) is 0. The molecule has 2 amide bonds. The number of benzene rings is 2. The van der Waals surface area contributed by atoms with Gasteiger partial charge in [-0.1, -0.05) is 23.8 Å². The second-order valence-electron chi connectivity index (χ2n) is 6.66. The Morgan fingerprint density at radius 2 is 1.46 bits per heavy atom. The molecule has 0 atom stereocenters. The van der Waals surface area contributed by atoms with Crippen LogP contribution in [0.2, 0.25) is 0 Å². The normalized spacial score (nSPS) is 13.9. The van der Waals surface area contributed by atoms with E-state index in [1.165, 1.54) is 6.07 Å². The van der Waals surface area contributed by atoms with Crippen LogP contribution in [-0.4, -0.2) is 65.5 Å². The zero-order valence-corrected chi connectivity index (χ0v) is 15.6. The van der Waals surface area contributed by atoms with Gasteiger partial charge in [-0.15, -0.1) is 0 Å². The van der Waals surface area contributed by atoms with E-state index in [9.17, 15) is 14.4 Å². The van der Waals surface area contributed by atoms with Gasteiger partial charge in [-0.3, -0.25) is 9.59 Å². The SMILES string of the molecule is Cc1ccc(C(=O)N2CCN(C(=O)c3cccc(OCC(=O)O)c3)CC2)cc1. The van der Waals surface area contributed by atoms with E-state index in [1.807, 2.05) is 31.2 Å². The molecule has 1 heterocycles. The third-order valence-corrected chi connectivity index (χ3v) is 4.60. The van der Waals surface area contributed by atoms with Gasteiger partial charge in [-0.2, -0.15) is 0 Å². The number of aryl methyl sites for hydroxylation is 1. The number of carboxylic acids is 1. The second kappa shape index (κ2) is 8.56. The first-order chi connectivity index (χ1) is 13.4. The van der Waals surface area contributed by atoms with Crippen LogP contribution in [0.5, 0.6) is 5.75 Å². The molecule has 1 fully saturated rings. The molecule has 0 radical (unpaired) electrons. The molecular weight excluding hydrogens is 360 g/mol. The zero-order chi connectivity index (χ0) is 20.1. The molecule has 2 aromatic rings. The van der Waals surface area contributed by atoms with Crippen LogP contribution in [0.4, 0.5) is 0 Å². The fourth-order valence-corrected chi connectivity index (χ4v) is 3.04. The molecule has 1 saturated heterocycles. The van der Waals surface area contributed by atoms with Crippen molar-refractivity contribution in [3.05, 3.63) is 65.2 Å². The molecule has 7 heteroatoms. The summed E-state index contributed by atoms with van der Waals surface area (Å²) < 4.78 is 5.13. The van der Waals surface area contributed by atoms with E-state index in [4.69, 9.17) is 9.84 Å². The summed E-state index contributed by atoms with van der Waals surface area (Å²) in [5.74, 6) is -0.938. The largest absolute Gasteiger partial charge is 0.482 e. The van der Waals surface area contributed by atoms with E-state index >= 15 is 0 Å². The number of nitrogens with zero attached hydrogens (tertiary/aromatic N) is 2. The quantitative estimate of drug-likeness (QED) is 0.855. The van der Waals surface area contributed by atoms with Gasteiger partial charge in [0, 0.05) is 37.3 Å². The lowest BCUT2D eigenvalue weighted by atomic mass is 10.1. The van der Waals surface area contributed by atoms with Gasteiger partial charge in [0.25, 0.3) is 11.8 Å². The molecule has 1 N–H and O–H groups in total. The Labute approximate surface area is 163 Å². The van der Waals surface area contributed by atoms with Crippen LogP contribution in [0.25, 0.3) is 0 Å². The number of piperazine rings is 1. The van der Waals surface area contributed by atoms with E-state index in [0.29, 0.717) is 43.1 Å². The Balaban J connectivity index is 1.59. The van der Waals surface area contributed by atoms with Crippen molar-refractivity contribution in [1.29, 1.82) is 0 Å². The summed E-state index contributed by atoms with van der Waals surface area (Å²) in [5.41, 5.74) is 2.18. The topological polar surface area (TPSA) is 87.2 Å². The monoisotopic (exact) mass is 382 g/mol. The fourth-order valence-electron chi connectivity index (χ4n) is 3.04. The summed E-state index contributed by atoms with van der Waals surface area (Å²) in [5, 5.41) is 8.69. The minimum atomic E-state index is -1.08. The molecule has 0 aliphatic carbocycles. The zero-order valence-electron chi connectivity index (χ0n) is 15.6. The predicted octanol–water partition coefficient (Wildman–Crippen LogP) is 2.06. The van der Waals surface area contributed by atoms with E-state index < -0.39 is 12.6 Å². The lowest BCUT2D eigenvalue weighted by Crippen LogP contribution is -2.50. The fraction of sp³-hybridized carbons (Fsp3) is 0.286. The highest BCUT2D eigenvalue weighted by Crippen LogP contribution is 2.17. The van der Waals surface area contributed by atoms with Gasteiger partial charge in [0.15, 0.2) is 6.61 Å². The van der Waals surface area contributed by atoms with Gasteiger partial charge in [0.1, 0.15) is 5.75 Å². The van der Waals surface area contributed by atoms with E-state index in [0.717, 1.165) is 5.56 Å². The molecule has 0 unspecified atom stereocenters. The van der Waals surface area contributed by atoms with Gasteiger partial charge < -0.3 is 19.6 Å². The molecule has 0 spiro atoms. The molecule has 7 nitrogen and oxygen atoms in total. The minimum absolute atomic E-state index is 0.0313. The third kappa shape index (κ3) is 4.68. The second-order valence-corrected chi connectivity index (χ2v) is 6.66. The number of carbonyl (C=O) groups excluding carboxylic acids is 2. The van der Waals surface area contributed by atoms with Crippen molar-refractivity contribution in [2.24, 2.45) is 0 Å². The van der Waals surface area contributed by atoms with Crippen molar-refractivity contribution in [2.45, 2.75) is 6.92 Å². The van der Waals surface area contributed by atoms with Crippen LogP contribution >= 0.6 is 0 Å². The van der Waals surface area contributed by atoms with Crippen molar-refractivity contribution in [3.63, 3.8) is 0 Å². The maximum Gasteiger partial charge on any atom is 0.341 e. The van der Waals surface area contributed by atoms with Gasteiger partial charge in [0.2, 0.25) is 0 Å². The highest BCUT2D eigenvalue weighted by Gasteiger charge is 2.25. The van der Waals surface area contributed by atoms with Crippen molar-refractivity contribution < 1.29 is 24.2 Å². The molecule has 1 aliphatic heterocycles. The lowest BCUT2D eigenvalue weighted by Gasteiger charge is -2.35. The maximum absolute atomic E-state index is 12.7. The van der Waals surface area contributed by atoms with Gasteiger partial charge in [-0.05, 0) is 37.3 Å². The summed E-state index contributed by atoms with van der Waals surface area (Å²) >= 11 is 0. The molecular formula is C21H22N2O5. The van der Waals surface area contributed by atoms with Crippen molar-refractivity contribution in [2.75, 3.05) is 32.8 Å². The molecule has 0 bridgehead atoms. The molecule has 1 aliphatic rings. The standard InChI is InChI=1S/C21H22N2O5/c1-15-5-7-16(8-6-15)20(26)22-9-11-23(12-10-22)21(27)17-3-2-4-18(13-17)28-14-19(24)25/h2-8,13H,9-12,14H2,1H3,(H,24,25). The summed E-state index contributed by atoms with van der Waals surface area (Å²) in [4.78, 5) is 39.4. The van der Waals surface area contributed by atoms with Gasteiger partial charge in [0.05, 0.1) is 0 Å². The van der Waals surface area contributed by atoms with Crippen LogP contribution in [0.15, 0.2) is 48.5 Å². The number of aliphatic carboxylic acids is 1. The number of rotatable bonds is 5. The van der Waals surface area contributed by atoms with Crippen LogP contribution in [-0.2, 0) is 4.79 Å². The van der Waals surface area contributed by atoms with Gasteiger partial charge in [-0.25, -0.2) is 4.79 Å². The van der Waals surface area contributed by atoms with Crippen LogP contribution in [0.1, 0.15) is 26.3 Å². The number of ether oxygens (including phenoxy) is 1. The highest BCUT2D eigenvalue weighted by molar-refractivity contribution is 5.96. The lowest BCUT2D eigenvalue weighted by molar-refractivity contribution is -0.139. The molecule has 146 valence electrons. The first-order valence-electron chi connectivity index (χ1n) is 9.04. The minimum Gasteiger partial charge on any atom is -0.482 e. The molecule has 0 saturated carbocycles. The molecule has 28 heavy (non-hydrogen) atoms. The average Bonchev–Trinajstić information content (AvgIpc) is 2.72.